The lowest BCUT2D eigenvalue weighted by atomic mass is 9.99. The molecule has 3 rings (SSSR count). The number of thioether (sulfide) groups is 1. The van der Waals surface area contributed by atoms with E-state index in [0.717, 1.165) is 27.3 Å². The standard InChI is InChI=1S/C19H18OS/c1-13(2)15-9-7-14(8-10-15)11-16-12-21-18-6-4-3-5-17(18)19(16)20/h3-11,13H,12H2,1-2H3. The number of ketones is 1. The molecule has 0 saturated carbocycles. The minimum atomic E-state index is 0.164. The van der Waals surface area contributed by atoms with E-state index in [-0.39, 0.29) is 5.78 Å². The molecule has 0 N–H and O–H groups in total. The van der Waals surface area contributed by atoms with Gasteiger partial charge in [-0.1, -0.05) is 50.2 Å². The van der Waals surface area contributed by atoms with E-state index in [1.165, 1.54) is 5.56 Å². The number of benzene rings is 2. The second-order valence-electron chi connectivity index (χ2n) is 5.60. The fourth-order valence-corrected chi connectivity index (χ4v) is 3.48. The molecule has 0 bridgehead atoms. The van der Waals surface area contributed by atoms with Crippen molar-refractivity contribution in [2.75, 3.05) is 5.75 Å². The van der Waals surface area contributed by atoms with Gasteiger partial charge in [-0.05, 0) is 35.3 Å². The summed E-state index contributed by atoms with van der Waals surface area (Å²) in [5.74, 6) is 1.45. The van der Waals surface area contributed by atoms with Crippen molar-refractivity contribution < 1.29 is 4.79 Å². The molecular formula is C19H18OS. The summed E-state index contributed by atoms with van der Waals surface area (Å²) in [6.45, 7) is 4.37. The molecule has 0 fully saturated rings. The van der Waals surface area contributed by atoms with Gasteiger partial charge in [-0.2, -0.15) is 0 Å². The Morgan fingerprint density at radius 2 is 1.76 bits per heavy atom. The van der Waals surface area contributed by atoms with E-state index in [9.17, 15) is 4.79 Å². The molecule has 2 aromatic carbocycles. The first-order valence-corrected chi connectivity index (χ1v) is 8.21. The molecule has 1 nitrogen and oxygen atoms in total. The van der Waals surface area contributed by atoms with Crippen LogP contribution in [0, 0.1) is 0 Å². The Morgan fingerprint density at radius 3 is 2.48 bits per heavy atom. The van der Waals surface area contributed by atoms with Gasteiger partial charge in [0, 0.05) is 21.8 Å². The molecule has 2 aromatic rings. The fourth-order valence-electron chi connectivity index (χ4n) is 2.46. The quantitative estimate of drug-likeness (QED) is 0.710. The Labute approximate surface area is 130 Å². The van der Waals surface area contributed by atoms with Gasteiger partial charge in [-0.3, -0.25) is 4.79 Å². The lowest BCUT2D eigenvalue weighted by Gasteiger charge is -2.16. The summed E-state index contributed by atoms with van der Waals surface area (Å²) >= 11 is 1.74. The van der Waals surface area contributed by atoms with Crippen LogP contribution in [0.1, 0.15) is 41.3 Å². The highest BCUT2D eigenvalue weighted by Gasteiger charge is 2.21. The lowest BCUT2D eigenvalue weighted by Crippen LogP contribution is -2.12. The molecule has 21 heavy (non-hydrogen) atoms. The molecule has 1 aliphatic heterocycles. The highest BCUT2D eigenvalue weighted by molar-refractivity contribution is 7.99. The van der Waals surface area contributed by atoms with Gasteiger partial charge in [0.05, 0.1) is 0 Å². The average Bonchev–Trinajstić information content (AvgIpc) is 2.51. The molecule has 0 atom stereocenters. The van der Waals surface area contributed by atoms with Crippen molar-refractivity contribution in [1.29, 1.82) is 0 Å². The molecule has 0 spiro atoms. The molecule has 0 amide bonds. The summed E-state index contributed by atoms with van der Waals surface area (Å²) < 4.78 is 0. The van der Waals surface area contributed by atoms with Crippen LogP contribution in [-0.2, 0) is 0 Å². The van der Waals surface area contributed by atoms with Crippen molar-refractivity contribution in [1.82, 2.24) is 0 Å². The first-order chi connectivity index (χ1) is 10.1. The van der Waals surface area contributed by atoms with Crippen LogP contribution < -0.4 is 0 Å². The molecular weight excluding hydrogens is 276 g/mol. The molecule has 0 unspecified atom stereocenters. The summed E-state index contributed by atoms with van der Waals surface area (Å²) in [4.78, 5) is 13.6. The zero-order valence-corrected chi connectivity index (χ0v) is 13.1. The Kier molecular flexibility index (Phi) is 3.98. The molecule has 106 valence electrons. The van der Waals surface area contributed by atoms with Gasteiger partial charge in [-0.25, -0.2) is 0 Å². The summed E-state index contributed by atoms with van der Waals surface area (Å²) in [7, 11) is 0. The maximum atomic E-state index is 12.5. The van der Waals surface area contributed by atoms with E-state index in [1.807, 2.05) is 30.3 Å². The molecule has 0 aromatic heterocycles. The highest BCUT2D eigenvalue weighted by atomic mass is 32.2. The maximum Gasteiger partial charge on any atom is 0.191 e. The third kappa shape index (κ3) is 2.96. The first kappa shape index (κ1) is 14.2. The summed E-state index contributed by atoms with van der Waals surface area (Å²) in [6, 6.07) is 16.3. The van der Waals surface area contributed by atoms with Crippen molar-refractivity contribution in [2.45, 2.75) is 24.7 Å². The van der Waals surface area contributed by atoms with Crippen molar-refractivity contribution in [3.8, 4) is 0 Å². The fraction of sp³-hybridized carbons (Fsp3) is 0.211. The van der Waals surface area contributed by atoms with Gasteiger partial charge >= 0.3 is 0 Å². The predicted molar refractivity (Wildman–Crippen MR) is 90.0 cm³/mol. The van der Waals surface area contributed by atoms with Crippen LogP contribution in [0.5, 0.6) is 0 Å². The monoisotopic (exact) mass is 294 g/mol. The first-order valence-electron chi connectivity index (χ1n) is 7.22. The predicted octanol–water partition coefficient (Wildman–Crippen LogP) is 5.18. The van der Waals surface area contributed by atoms with E-state index in [2.05, 4.69) is 38.1 Å². The highest BCUT2D eigenvalue weighted by Crippen LogP contribution is 2.33. The van der Waals surface area contributed by atoms with Crippen molar-refractivity contribution in [2.24, 2.45) is 0 Å². The van der Waals surface area contributed by atoms with Crippen LogP contribution in [-0.4, -0.2) is 11.5 Å². The van der Waals surface area contributed by atoms with Gasteiger partial charge in [0.2, 0.25) is 0 Å². The van der Waals surface area contributed by atoms with E-state index in [0.29, 0.717) is 5.92 Å². The normalized spacial score (nSPS) is 16.3. The SMILES string of the molecule is CC(C)c1ccc(C=C2CSc3ccccc3C2=O)cc1. The van der Waals surface area contributed by atoms with Crippen LogP contribution in [0.2, 0.25) is 0 Å². The van der Waals surface area contributed by atoms with E-state index in [4.69, 9.17) is 0 Å². The number of carbonyl (C=O) groups excluding carboxylic acids is 1. The van der Waals surface area contributed by atoms with Crippen LogP contribution in [0.4, 0.5) is 0 Å². The minimum absolute atomic E-state index is 0.164. The van der Waals surface area contributed by atoms with E-state index >= 15 is 0 Å². The Bertz CT molecular complexity index is 696. The third-order valence-corrected chi connectivity index (χ3v) is 4.87. The van der Waals surface area contributed by atoms with Crippen LogP contribution >= 0.6 is 11.8 Å². The van der Waals surface area contributed by atoms with Crippen LogP contribution in [0.15, 0.2) is 59.0 Å². The van der Waals surface area contributed by atoms with Gasteiger partial charge in [0.15, 0.2) is 5.78 Å². The largest absolute Gasteiger partial charge is 0.289 e. The van der Waals surface area contributed by atoms with Gasteiger partial charge in [-0.15, -0.1) is 11.8 Å². The topological polar surface area (TPSA) is 17.1 Å². The van der Waals surface area contributed by atoms with Crippen molar-refractivity contribution in [3.05, 3.63) is 70.8 Å². The Hall–Kier alpha value is -1.80. The molecule has 2 heteroatoms. The minimum Gasteiger partial charge on any atom is -0.289 e. The molecule has 1 heterocycles. The maximum absolute atomic E-state index is 12.5. The second-order valence-corrected chi connectivity index (χ2v) is 6.62. The summed E-state index contributed by atoms with van der Waals surface area (Å²) in [5.41, 5.74) is 4.14. The molecule has 0 saturated heterocycles. The van der Waals surface area contributed by atoms with E-state index < -0.39 is 0 Å². The van der Waals surface area contributed by atoms with Crippen LogP contribution in [0.25, 0.3) is 6.08 Å². The van der Waals surface area contributed by atoms with Gasteiger partial charge in [0.1, 0.15) is 0 Å². The Balaban J connectivity index is 1.89. The third-order valence-electron chi connectivity index (χ3n) is 3.75. The van der Waals surface area contributed by atoms with Crippen LogP contribution in [0.3, 0.4) is 0 Å². The Morgan fingerprint density at radius 1 is 1.05 bits per heavy atom. The lowest BCUT2D eigenvalue weighted by molar-refractivity contribution is 0.103. The molecule has 0 aliphatic carbocycles. The van der Waals surface area contributed by atoms with Gasteiger partial charge < -0.3 is 0 Å². The number of Topliss-reactive ketones (excluding diaryl/α,β-unsaturated/α-hetero) is 1. The number of hydrogen-bond acceptors (Lipinski definition) is 2. The number of carbonyl (C=O) groups is 1. The zero-order valence-electron chi connectivity index (χ0n) is 12.3. The second kappa shape index (κ2) is 5.90. The number of hydrogen-bond donors (Lipinski definition) is 0. The number of fused-ring (bicyclic) bond motifs is 1. The summed E-state index contributed by atoms with van der Waals surface area (Å²) in [6.07, 6.45) is 2.02. The summed E-state index contributed by atoms with van der Waals surface area (Å²) in [5, 5.41) is 0. The average molecular weight is 294 g/mol. The van der Waals surface area contributed by atoms with Crippen molar-refractivity contribution in [3.63, 3.8) is 0 Å². The van der Waals surface area contributed by atoms with Gasteiger partial charge in [0.25, 0.3) is 0 Å². The zero-order chi connectivity index (χ0) is 14.8. The molecule has 0 radical (unpaired) electrons. The molecule has 1 aliphatic rings. The number of rotatable bonds is 2. The smallest absolute Gasteiger partial charge is 0.191 e. The van der Waals surface area contributed by atoms with Crippen molar-refractivity contribution >= 4 is 23.6 Å². The van der Waals surface area contributed by atoms with E-state index in [1.54, 1.807) is 11.8 Å².